The molecular weight excluding hydrogens is 302 g/mol. The Kier molecular flexibility index (Phi) is 4.16. The predicted octanol–water partition coefficient (Wildman–Crippen LogP) is 1.61. The molecular formula is C17H20N7+. The van der Waals surface area contributed by atoms with Gasteiger partial charge >= 0.3 is 5.65 Å². The summed E-state index contributed by atoms with van der Waals surface area (Å²) in [6.45, 7) is 3.09. The van der Waals surface area contributed by atoms with Crippen LogP contribution in [0.2, 0.25) is 0 Å². The number of nitrogens with one attached hydrogen (secondary N) is 2. The third-order valence-electron chi connectivity index (χ3n) is 4.21. The zero-order valence-corrected chi connectivity index (χ0v) is 13.4. The Hall–Kier alpha value is -2.80. The molecule has 1 fully saturated rings. The molecule has 1 saturated heterocycles. The smallest absolute Gasteiger partial charge is 0.298 e. The molecule has 122 valence electrons. The number of benzene rings is 1. The van der Waals surface area contributed by atoms with Crippen LogP contribution in [0.4, 0.5) is 5.82 Å². The lowest BCUT2D eigenvalue weighted by Gasteiger charge is -2.27. The van der Waals surface area contributed by atoms with Crippen molar-refractivity contribution in [3.8, 4) is 0 Å². The van der Waals surface area contributed by atoms with Gasteiger partial charge in [0.2, 0.25) is 6.33 Å². The first-order valence-corrected chi connectivity index (χ1v) is 8.17. The van der Waals surface area contributed by atoms with Gasteiger partial charge in [0, 0.05) is 49.4 Å². The molecule has 1 aliphatic heterocycles. The number of hydrazone groups is 1. The molecule has 1 aliphatic rings. The van der Waals surface area contributed by atoms with Gasteiger partial charge in [-0.05, 0) is 11.6 Å². The van der Waals surface area contributed by atoms with E-state index in [-0.39, 0.29) is 0 Å². The van der Waals surface area contributed by atoms with Crippen molar-refractivity contribution >= 4 is 17.2 Å². The summed E-state index contributed by atoms with van der Waals surface area (Å²) in [7, 11) is 0. The van der Waals surface area contributed by atoms with Gasteiger partial charge in [-0.2, -0.15) is 5.10 Å². The van der Waals surface area contributed by atoms with E-state index < -0.39 is 0 Å². The SMILES string of the molecule is c1ccc(CN2CCC(=NNc3ccc4n[nH]c[n+]4n3)CC2)cc1. The van der Waals surface area contributed by atoms with Crippen molar-refractivity contribution in [2.24, 2.45) is 5.10 Å². The summed E-state index contributed by atoms with van der Waals surface area (Å²) in [6, 6.07) is 14.4. The number of nitrogens with zero attached hydrogens (tertiary/aromatic N) is 5. The van der Waals surface area contributed by atoms with E-state index in [1.165, 1.54) is 11.3 Å². The molecule has 2 aromatic heterocycles. The Morgan fingerprint density at radius 3 is 2.79 bits per heavy atom. The van der Waals surface area contributed by atoms with Gasteiger partial charge in [0.05, 0.1) is 0 Å². The summed E-state index contributed by atoms with van der Waals surface area (Å²) < 4.78 is 1.69. The lowest BCUT2D eigenvalue weighted by Crippen LogP contribution is -2.33. The second-order valence-electron chi connectivity index (χ2n) is 5.94. The lowest BCUT2D eigenvalue weighted by atomic mass is 10.1. The van der Waals surface area contributed by atoms with Crippen molar-refractivity contribution in [3.05, 3.63) is 54.4 Å². The van der Waals surface area contributed by atoms with Crippen LogP contribution in [0.1, 0.15) is 18.4 Å². The number of hydrogen-bond donors (Lipinski definition) is 2. The Labute approximate surface area is 140 Å². The molecule has 3 aromatic rings. The number of rotatable bonds is 4. The number of aromatic nitrogens is 4. The van der Waals surface area contributed by atoms with Gasteiger partial charge in [0.1, 0.15) is 0 Å². The van der Waals surface area contributed by atoms with Crippen molar-refractivity contribution in [1.29, 1.82) is 0 Å². The van der Waals surface area contributed by atoms with E-state index in [0.29, 0.717) is 5.82 Å². The Bertz CT molecular complexity index is 830. The maximum absolute atomic E-state index is 4.52. The van der Waals surface area contributed by atoms with E-state index in [1.807, 2.05) is 12.1 Å². The van der Waals surface area contributed by atoms with Crippen LogP contribution in [-0.2, 0) is 6.54 Å². The molecule has 0 unspecified atom stereocenters. The van der Waals surface area contributed by atoms with Crippen molar-refractivity contribution < 1.29 is 4.52 Å². The Morgan fingerprint density at radius 1 is 1.12 bits per heavy atom. The molecule has 0 atom stereocenters. The van der Waals surface area contributed by atoms with Gasteiger partial charge in [0.15, 0.2) is 5.82 Å². The summed E-state index contributed by atoms with van der Waals surface area (Å²) in [6.07, 6.45) is 3.68. The van der Waals surface area contributed by atoms with Crippen LogP contribution in [-0.4, -0.2) is 39.0 Å². The molecule has 4 rings (SSSR count). The zero-order valence-electron chi connectivity index (χ0n) is 13.4. The van der Waals surface area contributed by atoms with Crippen LogP contribution in [0, 0.1) is 0 Å². The summed E-state index contributed by atoms with van der Waals surface area (Å²) in [4.78, 5) is 2.47. The van der Waals surface area contributed by atoms with E-state index in [1.54, 1.807) is 10.8 Å². The van der Waals surface area contributed by atoms with Crippen LogP contribution in [0.5, 0.6) is 0 Å². The molecule has 7 heteroatoms. The van der Waals surface area contributed by atoms with Crippen molar-refractivity contribution in [3.63, 3.8) is 0 Å². The number of aromatic amines is 1. The number of piperidine rings is 1. The van der Waals surface area contributed by atoms with Gasteiger partial charge in [-0.25, -0.2) is 0 Å². The molecule has 7 nitrogen and oxygen atoms in total. The first-order chi connectivity index (χ1) is 11.9. The molecule has 0 amide bonds. The molecule has 0 radical (unpaired) electrons. The van der Waals surface area contributed by atoms with Gasteiger partial charge in [-0.3, -0.25) is 10.3 Å². The average Bonchev–Trinajstić information content (AvgIpc) is 3.10. The summed E-state index contributed by atoms with van der Waals surface area (Å²) in [5.41, 5.74) is 6.40. The summed E-state index contributed by atoms with van der Waals surface area (Å²) in [5.74, 6) is 0.716. The minimum absolute atomic E-state index is 0.716. The van der Waals surface area contributed by atoms with Crippen LogP contribution in [0.25, 0.3) is 5.65 Å². The minimum Gasteiger partial charge on any atom is -0.298 e. The maximum Gasteiger partial charge on any atom is 0.325 e. The van der Waals surface area contributed by atoms with Crippen molar-refractivity contribution in [1.82, 2.24) is 20.2 Å². The second kappa shape index (κ2) is 6.76. The fourth-order valence-electron chi connectivity index (χ4n) is 2.88. The minimum atomic E-state index is 0.716. The van der Waals surface area contributed by atoms with Gasteiger partial charge in [-0.1, -0.05) is 35.4 Å². The van der Waals surface area contributed by atoms with E-state index in [4.69, 9.17) is 0 Å². The maximum atomic E-state index is 4.52. The highest BCUT2D eigenvalue weighted by Gasteiger charge is 2.15. The van der Waals surface area contributed by atoms with Crippen LogP contribution in [0.15, 0.2) is 53.9 Å². The van der Waals surface area contributed by atoms with Crippen molar-refractivity contribution in [2.45, 2.75) is 19.4 Å². The molecule has 0 spiro atoms. The fourth-order valence-corrected chi connectivity index (χ4v) is 2.88. The first kappa shape index (κ1) is 14.8. The highest BCUT2D eigenvalue weighted by atomic mass is 15.4. The summed E-state index contributed by atoms with van der Waals surface area (Å²) in [5, 5.41) is 15.7. The molecule has 0 aliphatic carbocycles. The highest BCUT2D eigenvalue weighted by molar-refractivity contribution is 5.86. The first-order valence-electron chi connectivity index (χ1n) is 8.17. The largest absolute Gasteiger partial charge is 0.325 e. The monoisotopic (exact) mass is 322 g/mol. The lowest BCUT2D eigenvalue weighted by molar-refractivity contribution is -0.579. The van der Waals surface area contributed by atoms with E-state index in [2.05, 4.69) is 61.1 Å². The molecule has 0 bridgehead atoms. The highest BCUT2D eigenvalue weighted by Crippen LogP contribution is 2.12. The molecule has 3 heterocycles. The number of fused-ring (bicyclic) bond motifs is 1. The van der Waals surface area contributed by atoms with Crippen LogP contribution in [0.3, 0.4) is 0 Å². The quantitative estimate of drug-likeness (QED) is 0.565. The number of anilines is 1. The fraction of sp³-hybridized carbons (Fsp3) is 0.294. The van der Waals surface area contributed by atoms with Gasteiger partial charge < -0.3 is 0 Å². The van der Waals surface area contributed by atoms with Crippen molar-refractivity contribution in [2.75, 3.05) is 18.5 Å². The molecule has 1 aromatic carbocycles. The van der Waals surface area contributed by atoms with Gasteiger partial charge in [-0.15, -0.1) is 9.61 Å². The Morgan fingerprint density at radius 2 is 1.96 bits per heavy atom. The zero-order chi connectivity index (χ0) is 16.2. The average molecular weight is 322 g/mol. The molecule has 2 N–H and O–H groups in total. The number of likely N-dealkylation sites (tertiary alicyclic amines) is 1. The number of H-pyrrole nitrogens is 1. The second-order valence-corrected chi connectivity index (χ2v) is 5.94. The van der Waals surface area contributed by atoms with Crippen LogP contribution < -0.4 is 9.94 Å². The Balaban J connectivity index is 1.32. The number of hydrogen-bond acceptors (Lipinski definition) is 5. The normalized spacial score (nSPS) is 15.6. The third-order valence-corrected chi connectivity index (χ3v) is 4.21. The van der Waals surface area contributed by atoms with E-state index in [0.717, 1.165) is 38.1 Å². The predicted molar refractivity (Wildman–Crippen MR) is 91.6 cm³/mol. The van der Waals surface area contributed by atoms with Crippen LogP contribution >= 0.6 is 0 Å². The standard InChI is InChI=1S/C17H19N7/c1-2-4-14(5-3-1)12-23-10-8-15(9-11-23)19-20-16-6-7-17-21-18-13-24(17)22-16/h1-7,13H,8-12H2,(H,20,22)/p+1. The molecule has 24 heavy (non-hydrogen) atoms. The molecule has 0 saturated carbocycles. The van der Waals surface area contributed by atoms with E-state index >= 15 is 0 Å². The van der Waals surface area contributed by atoms with Gasteiger partial charge in [0.25, 0.3) is 0 Å². The topological polar surface area (TPSA) is 73.3 Å². The third kappa shape index (κ3) is 3.41. The summed E-state index contributed by atoms with van der Waals surface area (Å²) >= 11 is 0. The van der Waals surface area contributed by atoms with E-state index in [9.17, 15) is 0 Å².